The van der Waals surface area contributed by atoms with E-state index in [0.717, 1.165) is 52.0 Å². The highest BCUT2D eigenvalue weighted by Crippen LogP contribution is 2.04. The molecule has 4 nitrogen and oxygen atoms in total. The van der Waals surface area contributed by atoms with Crippen LogP contribution in [0.2, 0.25) is 0 Å². The molecule has 0 atom stereocenters. The fraction of sp³-hybridized carbons (Fsp3) is 1.00. The van der Waals surface area contributed by atoms with E-state index in [-0.39, 0.29) is 0 Å². The molecule has 0 spiro atoms. The molecule has 0 saturated carbocycles. The van der Waals surface area contributed by atoms with Crippen molar-refractivity contribution in [3.8, 4) is 0 Å². The Morgan fingerprint density at radius 2 is 1.18 bits per heavy atom. The molecule has 0 amide bonds. The van der Waals surface area contributed by atoms with E-state index in [2.05, 4.69) is 37.7 Å². The Balaban J connectivity index is 4.25. The molecule has 0 bridgehead atoms. The van der Waals surface area contributed by atoms with Gasteiger partial charge < -0.3 is 8.85 Å². The molecular weight excluding hydrogens is 232 g/mol. The summed E-state index contributed by atoms with van der Waals surface area (Å²) >= 11 is 0. The molecule has 0 fully saturated rings. The third-order valence-electron chi connectivity index (χ3n) is 2.43. The molecular formula is C12H30N2O2Si. The molecule has 0 aromatic heterocycles. The summed E-state index contributed by atoms with van der Waals surface area (Å²) in [4.78, 5) is 6.80. The van der Waals surface area contributed by atoms with Gasteiger partial charge in [0.15, 0.2) is 0 Å². The van der Waals surface area contributed by atoms with Gasteiger partial charge in [-0.2, -0.15) is 0 Å². The van der Waals surface area contributed by atoms with Crippen LogP contribution in [-0.4, -0.2) is 35.2 Å². The molecule has 0 unspecified atom stereocenters. The van der Waals surface area contributed by atoms with Gasteiger partial charge in [-0.3, -0.25) is 9.96 Å². The maximum Gasteiger partial charge on any atom is 0.516 e. The van der Waals surface area contributed by atoms with Crippen LogP contribution in [0.15, 0.2) is 0 Å². The quantitative estimate of drug-likeness (QED) is 0.418. The number of hydrogen-bond donors (Lipinski definition) is 2. The first-order chi connectivity index (χ1) is 8.24. The van der Waals surface area contributed by atoms with Crippen LogP contribution < -0.4 is 9.96 Å². The van der Waals surface area contributed by atoms with E-state index in [1.807, 2.05) is 0 Å². The standard InChI is InChI=1S/C12H30N2O2Si/c1-5-9-11-15-17(13-7-3,14-8-4)16-12-10-6-2/h13-14H,5-12H2,1-4H3. The molecule has 5 heteroatoms. The molecule has 0 rings (SSSR count). The van der Waals surface area contributed by atoms with Crippen molar-refractivity contribution in [3.05, 3.63) is 0 Å². The SMILES string of the molecule is CCCCO[Si](NCC)(NCC)OCCCC. The molecule has 0 aliphatic carbocycles. The fourth-order valence-electron chi connectivity index (χ4n) is 1.49. The summed E-state index contributed by atoms with van der Waals surface area (Å²) in [7, 11) is -2.37. The summed E-state index contributed by atoms with van der Waals surface area (Å²) < 4.78 is 12.0. The highest BCUT2D eigenvalue weighted by atomic mass is 28.4. The summed E-state index contributed by atoms with van der Waals surface area (Å²) in [5, 5.41) is 0. The number of rotatable bonds is 12. The van der Waals surface area contributed by atoms with E-state index in [9.17, 15) is 0 Å². The molecule has 17 heavy (non-hydrogen) atoms. The van der Waals surface area contributed by atoms with Crippen LogP contribution in [0.25, 0.3) is 0 Å². The summed E-state index contributed by atoms with van der Waals surface area (Å²) in [5.74, 6) is 0. The van der Waals surface area contributed by atoms with Gasteiger partial charge in [0.25, 0.3) is 0 Å². The van der Waals surface area contributed by atoms with E-state index < -0.39 is 8.88 Å². The van der Waals surface area contributed by atoms with Crippen LogP contribution in [0.5, 0.6) is 0 Å². The third kappa shape index (κ3) is 7.89. The van der Waals surface area contributed by atoms with E-state index >= 15 is 0 Å². The average Bonchev–Trinajstić information content (AvgIpc) is 2.30. The maximum absolute atomic E-state index is 5.99. The average molecular weight is 262 g/mol. The van der Waals surface area contributed by atoms with Crippen LogP contribution in [0, 0.1) is 0 Å². The first-order valence-corrected chi connectivity index (χ1v) is 8.84. The lowest BCUT2D eigenvalue weighted by atomic mass is 10.4. The zero-order valence-corrected chi connectivity index (χ0v) is 13.0. The van der Waals surface area contributed by atoms with Crippen LogP contribution in [0.3, 0.4) is 0 Å². The Hall–Kier alpha value is 0.0569. The fourth-order valence-corrected chi connectivity index (χ4v) is 3.91. The van der Waals surface area contributed by atoms with Crippen molar-refractivity contribution in [2.24, 2.45) is 0 Å². The Morgan fingerprint density at radius 1 is 0.765 bits per heavy atom. The molecule has 0 aromatic carbocycles. The van der Waals surface area contributed by atoms with Crippen LogP contribution in [0.4, 0.5) is 0 Å². The van der Waals surface area contributed by atoms with E-state index in [1.54, 1.807) is 0 Å². The first kappa shape index (κ1) is 17.1. The summed E-state index contributed by atoms with van der Waals surface area (Å²) in [6, 6.07) is 0. The predicted molar refractivity (Wildman–Crippen MR) is 74.8 cm³/mol. The lowest BCUT2D eigenvalue weighted by Crippen LogP contribution is -2.67. The molecule has 0 heterocycles. The van der Waals surface area contributed by atoms with Crippen LogP contribution >= 0.6 is 0 Å². The monoisotopic (exact) mass is 262 g/mol. The van der Waals surface area contributed by atoms with Crippen molar-refractivity contribution in [2.75, 3.05) is 26.3 Å². The Kier molecular flexibility index (Phi) is 11.2. The third-order valence-corrected chi connectivity index (χ3v) is 5.28. The second-order valence-corrected chi connectivity index (χ2v) is 6.60. The highest BCUT2D eigenvalue weighted by Gasteiger charge is 2.37. The van der Waals surface area contributed by atoms with Gasteiger partial charge in [0.2, 0.25) is 0 Å². The minimum Gasteiger partial charge on any atom is -0.371 e. The Morgan fingerprint density at radius 3 is 1.47 bits per heavy atom. The Labute approximate surface area is 108 Å². The van der Waals surface area contributed by atoms with Gasteiger partial charge in [-0.25, -0.2) is 0 Å². The maximum atomic E-state index is 5.99. The summed E-state index contributed by atoms with van der Waals surface area (Å²) in [6.07, 6.45) is 4.47. The van der Waals surface area contributed by atoms with Crippen molar-refractivity contribution in [2.45, 2.75) is 53.4 Å². The van der Waals surface area contributed by atoms with Gasteiger partial charge in [-0.15, -0.1) is 0 Å². The van der Waals surface area contributed by atoms with Gasteiger partial charge in [-0.05, 0) is 25.9 Å². The normalized spacial score (nSPS) is 12.0. The lowest BCUT2D eigenvalue weighted by Gasteiger charge is -2.30. The summed E-state index contributed by atoms with van der Waals surface area (Å²) in [6.45, 7) is 11.8. The number of nitrogens with one attached hydrogen (secondary N) is 2. The molecule has 0 saturated heterocycles. The lowest BCUT2D eigenvalue weighted by molar-refractivity contribution is 0.143. The molecule has 2 N–H and O–H groups in total. The Bertz CT molecular complexity index is 153. The van der Waals surface area contributed by atoms with Crippen LogP contribution in [-0.2, 0) is 8.85 Å². The van der Waals surface area contributed by atoms with Gasteiger partial charge in [-0.1, -0.05) is 40.5 Å². The molecule has 0 aliphatic rings. The topological polar surface area (TPSA) is 42.5 Å². The molecule has 104 valence electrons. The molecule has 0 aliphatic heterocycles. The van der Waals surface area contributed by atoms with Crippen molar-refractivity contribution < 1.29 is 8.85 Å². The van der Waals surface area contributed by atoms with Gasteiger partial charge in [0.1, 0.15) is 0 Å². The van der Waals surface area contributed by atoms with Crippen LogP contribution in [0.1, 0.15) is 53.4 Å². The summed E-state index contributed by atoms with van der Waals surface area (Å²) in [5.41, 5.74) is 0. The van der Waals surface area contributed by atoms with Gasteiger partial charge in [0, 0.05) is 13.2 Å². The zero-order chi connectivity index (χ0) is 13.0. The minimum atomic E-state index is -2.37. The second kappa shape index (κ2) is 11.2. The van der Waals surface area contributed by atoms with Crippen molar-refractivity contribution in [3.63, 3.8) is 0 Å². The van der Waals surface area contributed by atoms with Gasteiger partial charge >= 0.3 is 8.88 Å². The van der Waals surface area contributed by atoms with E-state index in [0.29, 0.717) is 0 Å². The van der Waals surface area contributed by atoms with E-state index in [1.165, 1.54) is 0 Å². The van der Waals surface area contributed by atoms with Crippen molar-refractivity contribution in [1.82, 2.24) is 9.96 Å². The zero-order valence-electron chi connectivity index (χ0n) is 12.0. The molecule has 0 radical (unpaired) electrons. The molecule has 0 aromatic rings. The van der Waals surface area contributed by atoms with E-state index in [4.69, 9.17) is 8.85 Å². The van der Waals surface area contributed by atoms with Crippen molar-refractivity contribution in [1.29, 1.82) is 0 Å². The minimum absolute atomic E-state index is 0.773. The highest BCUT2D eigenvalue weighted by molar-refractivity contribution is 6.62. The predicted octanol–water partition coefficient (Wildman–Crippen LogP) is 2.27. The number of hydrogen-bond acceptors (Lipinski definition) is 4. The largest absolute Gasteiger partial charge is 0.516 e. The first-order valence-electron chi connectivity index (χ1n) is 7.02. The second-order valence-electron chi connectivity index (χ2n) is 4.08. The number of unbranched alkanes of at least 4 members (excludes halogenated alkanes) is 2. The van der Waals surface area contributed by atoms with Gasteiger partial charge in [0.05, 0.1) is 0 Å². The smallest absolute Gasteiger partial charge is 0.371 e. The van der Waals surface area contributed by atoms with Crippen molar-refractivity contribution >= 4 is 8.88 Å².